The normalized spacial score (nSPS) is 10.7. The molecular weight excluding hydrogens is 222 g/mol. The lowest BCUT2D eigenvalue weighted by atomic mass is 10.0. The number of carbonyl (C=O) groups excluding carboxylic acids is 1. The topological polar surface area (TPSA) is 32.9 Å². The minimum Gasteiger partial charge on any atom is -0.352 e. The first kappa shape index (κ1) is 10.8. The molecule has 2 nitrogen and oxygen atoms in total. The van der Waals surface area contributed by atoms with Crippen LogP contribution in [0, 0.1) is 6.92 Å². The molecule has 0 aliphatic rings. The number of H-pyrrole nitrogens is 1. The number of hydrogen-bond acceptors (Lipinski definition) is 1. The van der Waals surface area contributed by atoms with Gasteiger partial charge in [0.25, 0.3) is 0 Å². The van der Waals surface area contributed by atoms with Crippen molar-refractivity contribution in [2.24, 2.45) is 0 Å². The zero-order valence-corrected chi connectivity index (χ0v) is 10.1. The van der Waals surface area contributed by atoms with Crippen LogP contribution in [0.3, 0.4) is 0 Å². The Morgan fingerprint density at radius 1 is 0.944 bits per heavy atom. The second-order valence-corrected chi connectivity index (χ2v) is 4.51. The highest BCUT2D eigenvalue weighted by molar-refractivity contribution is 5.90. The molecule has 3 aromatic rings. The van der Waals surface area contributed by atoms with Gasteiger partial charge in [0.05, 0.1) is 5.69 Å². The Kier molecular flexibility index (Phi) is 2.49. The molecule has 1 aromatic heterocycles. The van der Waals surface area contributed by atoms with Crippen LogP contribution in [0.25, 0.3) is 22.0 Å². The van der Waals surface area contributed by atoms with E-state index in [1.54, 1.807) is 0 Å². The number of aromatic amines is 1. The maximum atomic E-state index is 10.7. The number of hydrogen-bond donors (Lipinski definition) is 1. The highest BCUT2D eigenvalue weighted by Gasteiger charge is 2.02. The van der Waals surface area contributed by atoms with Crippen molar-refractivity contribution in [1.29, 1.82) is 0 Å². The molecule has 0 radical (unpaired) electrons. The number of fused-ring (bicyclic) bond motifs is 1. The van der Waals surface area contributed by atoms with E-state index < -0.39 is 0 Å². The quantitative estimate of drug-likeness (QED) is 0.670. The van der Waals surface area contributed by atoms with Crippen molar-refractivity contribution in [3.63, 3.8) is 0 Å². The monoisotopic (exact) mass is 235 g/mol. The van der Waals surface area contributed by atoms with Gasteiger partial charge in [0.1, 0.15) is 0 Å². The zero-order valence-electron chi connectivity index (χ0n) is 10.1. The number of aromatic nitrogens is 1. The molecule has 1 N–H and O–H groups in total. The fraction of sp³-hybridized carbons (Fsp3) is 0.0625. The van der Waals surface area contributed by atoms with Crippen molar-refractivity contribution in [3.8, 4) is 11.1 Å². The Bertz CT molecular complexity index is 708. The van der Waals surface area contributed by atoms with E-state index in [9.17, 15) is 4.79 Å². The molecule has 88 valence electrons. The van der Waals surface area contributed by atoms with Gasteiger partial charge in [-0.25, -0.2) is 0 Å². The van der Waals surface area contributed by atoms with Gasteiger partial charge in [-0.15, -0.1) is 0 Å². The molecule has 0 spiro atoms. The van der Waals surface area contributed by atoms with Crippen LogP contribution in [-0.2, 0) is 0 Å². The lowest BCUT2D eigenvalue weighted by molar-refractivity contribution is 0.112. The molecule has 0 unspecified atom stereocenters. The summed E-state index contributed by atoms with van der Waals surface area (Å²) in [6.07, 6.45) is 0.839. The first-order chi connectivity index (χ1) is 8.76. The minimum absolute atomic E-state index is 0.617. The third kappa shape index (κ3) is 1.82. The second kappa shape index (κ2) is 4.15. The summed E-state index contributed by atoms with van der Waals surface area (Å²) < 4.78 is 0. The van der Waals surface area contributed by atoms with E-state index in [-0.39, 0.29) is 0 Å². The smallest absolute Gasteiger partial charge is 0.166 e. The molecule has 0 aliphatic heterocycles. The average molecular weight is 235 g/mol. The van der Waals surface area contributed by atoms with Gasteiger partial charge in [-0.3, -0.25) is 4.79 Å². The molecule has 2 aromatic carbocycles. The van der Waals surface area contributed by atoms with E-state index in [0.717, 1.165) is 22.8 Å². The van der Waals surface area contributed by atoms with Crippen molar-refractivity contribution in [1.82, 2.24) is 4.98 Å². The van der Waals surface area contributed by atoms with E-state index >= 15 is 0 Å². The first-order valence-corrected chi connectivity index (χ1v) is 5.91. The van der Waals surface area contributed by atoms with Gasteiger partial charge in [0, 0.05) is 10.9 Å². The summed E-state index contributed by atoms with van der Waals surface area (Å²) in [6, 6.07) is 16.5. The molecule has 2 heteroatoms. The Labute approximate surface area is 105 Å². The molecule has 1 heterocycles. The van der Waals surface area contributed by atoms with Crippen LogP contribution in [0.15, 0.2) is 48.5 Å². The van der Waals surface area contributed by atoms with Crippen LogP contribution >= 0.6 is 0 Å². The van der Waals surface area contributed by atoms with Crippen LogP contribution in [-0.4, -0.2) is 11.3 Å². The number of carbonyl (C=O) groups is 1. The van der Waals surface area contributed by atoms with E-state index in [2.05, 4.69) is 48.3 Å². The Morgan fingerprint density at radius 2 is 1.67 bits per heavy atom. The molecule has 0 amide bonds. The van der Waals surface area contributed by atoms with Gasteiger partial charge in [0.15, 0.2) is 6.29 Å². The van der Waals surface area contributed by atoms with Crippen molar-refractivity contribution in [2.75, 3.05) is 0 Å². The summed E-state index contributed by atoms with van der Waals surface area (Å²) in [4.78, 5) is 13.8. The predicted molar refractivity (Wildman–Crippen MR) is 73.9 cm³/mol. The summed E-state index contributed by atoms with van der Waals surface area (Å²) in [7, 11) is 0. The highest BCUT2D eigenvalue weighted by Crippen LogP contribution is 2.24. The fourth-order valence-electron chi connectivity index (χ4n) is 2.14. The van der Waals surface area contributed by atoms with Gasteiger partial charge < -0.3 is 4.98 Å². The number of aldehydes is 1. The van der Waals surface area contributed by atoms with Gasteiger partial charge in [-0.2, -0.15) is 0 Å². The molecule has 0 bridgehead atoms. The third-order valence-corrected chi connectivity index (χ3v) is 3.16. The predicted octanol–water partition coefficient (Wildman–Crippen LogP) is 3.96. The standard InChI is InChI=1S/C16H13NO/c1-11-2-4-12(5-3-11)13-6-7-14-8-15(10-18)17-16(14)9-13/h2-10,17H,1H3. The SMILES string of the molecule is Cc1ccc(-c2ccc3cc(C=O)[nH]c3c2)cc1. The summed E-state index contributed by atoms with van der Waals surface area (Å²) in [5.74, 6) is 0. The number of rotatable bonds is 2. The minimum atomic E-state index is 0.617. The maximum Gasteiger partial charge on any atom is 0.166 e. The van der Waals surface area contributed by atoms with Crippen molar-refractivity contribution < 1.29 is 4.79 Å². The molecule has 18 heavy (non-hydrogen) atoms. The van der Waals surface area contributed by atoms with Crippen LogP contribution in [0.4, 0.5) is 0 Å². The van der Waals surface area contributed by atoms with Gasteiger partial charge in [-0.05, 0) is 30.2 Å². The van der Waals surface area contributed by atoms with Crippen molar-refractivity contribution in [3.05, 3.63) is 59.8 Å². The third-order valence-electron chi connectivity index (χ3n) is 3.16. The largest absolute Gasteiger partial charge is 0.352 e. The van der Waals surface area contributed by atoms with E-state index in [1.165, 1.54) is 11.1 Å². The molecular formula is C16H13NO. The summed E-state index contributed by atoms with van der Waals surface area (Å²) in [5.41, 5.74) is 5.20. The second-order valence-electron chi connectivity index (χ2n) is 4.51. The van der Waals surface area contributed by atoms with Crippen LogP contribution in [0.1, 0.15) is 16.1 Å². The zero-order chi connectivity index (χ0) is 12.5. The lowest BCUT2D eigenvalue weighted by Crippen LogP contribution is -1.79. The molecule has 0 aliphatic carbocycles. The summed E-state index contributed by atoms with van der Waals surface area (Å²) in [5, 5.41) is 1.06. The first-order valence-electron chi connectivity index (χ1n) is 5.91. The molecule has 0 saturated carbocycles. The number of benzene rings is 2. The highest BCUT2D eigenvalue weighted by atomic mass is 16.1. The van der Waals surface area contributed by atoms with Crippen molar-refractivity contribution in [2.45, 2.75) is 6.92 Å². The van der Waals surface area contributed by atoms with Gasteiger partial charge in [-0.1, -0.05) is 42.0 Å². The van der Waals surface area contributed by atoms with E-state index in [0.29, 0.717) is 5.69 Å². The average Bonchev–Trinajstić information content (AvgIpc) is 2.81. The maximum absolute atomic E-state index is 10.7. The van der Waals surface area contributed by atoms with Crippen LogP contribution in [0.5, 0.6) is 0 Å². The van der Waals surface area contributed by atoms with Gasteiger partial charge >= 0.3 is 0 Å². The lowest BCUT2D eigenvalue weighted by Gasteiger charge is -2.02. The van der Waals surface area contributed by atoms with Crippen molar-refractivity contribution >= 4 is 17.2 Å². The molecule has 0 saturated heterocycles. The van der Waals surface area contributed by atoms with E-state index in [4.69, 9.17) is 0 Å². The number of aryl methyl sites for hydroxylation is 1. The molecule has 0 atom stereocenters. The molecule has 3 rings (SSSR count). The number of nitrogens with one attached hydrogen (secondary N) is 1. The fourth-order valence-corrected chi connectivity index (χ4v) is 2.14. The Balaban J connectivity index is 2.12. The Morgan fingerprint density at radius 3 is 2.39 bits per heavy atom. The van der Waals surface area contributed by atoms with Gasteiger partial charge in [0.2, 0.25) is 0 Å². The van der Waals surface area contributed by atoms with E-state index in [1.807, 2.05) is 12.1 Å². The summed E-state index contributed by atoms with van der Waals surface area (Å²) >= 11 is 0. The molecule has 0 fully saturated rings. The van der Waals surface area contributed by atoms with Crippen LogP contribution in [0.2, 0.25) is 0 Å². The summed E-state index contributed by atoms with van der Waals surface area (Å²) in [6.45, 7) is 2.08. The Hall–Kier alpha value is -2.35. The van der Waals surface area contributed by atoms with Crippen LogP contribution < -0.4 is 0 Å².